The van der Waals surface area contributed by atoms with Gasteiger partial charge < -0.3 is 49.7 Å². The minimum absolute atomic E-state index is 0.356. The number of primary amides is 4. The van der Waals surface area contributed by atoms with Crippen molar-refractivity contribution >= 4 is 47.3 Å². The van der Waals surface area contributed by atoms with E-state index in [9.17, 15) is 43.5 Å². The molecule has 0 fully saturated rings. The molecule has 0 aromatic heterocycles. The highest BCUT2D eigenvalue weighted by Gasteiger charge is 2.31. The van der Waals surface area contributed by atoms with E-state index in [2.05, 4.69) is 16.0 Å². The molecular weight excluding hydrogens is 472 g/mol. The van der Waals surface area contributed by atoms with Crippen molar-refractivity contribution in [3.8, 4) is 0 Å². The van der Waals surface area contributed by atoms with Crippen LogP contribution in [0.25, 0.3) is 0 Å². The molecule has 17 heteroatoms. The van der Waals surface area contributed by atoms with Crippen molar-refractivity contribution < 1.29 is 43.5 Å². The fourth-order valence-corrected chi connectivity index (χ4v) is 2.64. The van der Waals surface area contributed by atoms with Gasteiger partial charge in [0.1, 0.15) is 18.1 Å². The van der Waals surface area contributed by atoms with Crippen LogP contribution >= 0.6 is 0 Å². The molecule has 14 N–H and O–H groups in total. The number of amides is 7. The minimum atomic E-state index is -1.65. The van der Waals surface area contributed by atoms with E-state index in [-0.39, 0.29) is 19.3 Å². The Hall–Kier alpha value is -4.28. The molecule has 0 rings (SSSR count). The molecule has 0 aliphatic carbocycles. The number of nitrogens with one attached hydrogen (secondary N) is 3. The van der Waals surface area contributed by atoms with Gasteiger partial charge in [-0.3, -0.25) is 33.6 Å². The maximum Gasteiger partial charge on any atom is 0.326 e. The van der Waals surface area contributed by atoms with E-state index < -0.39 is 90.7 Å². The lowest BCUT2D eigenvalue weighted by Gasteiger charge is -2.24. The van der Waals surface area contributed by atoms with Gasteiger partial charge in [0.15, 0.2) is 0 Å². The molecule has 4 unspecified atom stereocenters. The van der Waals surface area contributed by atoms with Gasteiger partial charge in [-0.15, -0.1) is 0 Å². The second-order valence-electron chi connectivity index (χ2n) is 7.48. The molecule has 0 aromatic carbocycles. The fourth-order valence-electron chi connectivity index (χ4n) is 2.64. The number of carbonyl (C=O) groups is 8. The summed E-state index contributed by atoms with van der Waals surface area (Å²) in [5, 5.41) is 15.6. The molecule has 0 aromatic rings. The normalized spacial score (nSPS) is 13.9. The average molecular weight is 502 g/mol. The highest BCUT2D eigenvalue weighted by atomic mass is 16.4. The highest BCUT2D eigenvalue weighted by Crippen LogP contribution is 2.04. The summed E-state index contributed by atoms with van der Waals surface area (Å²) < 4.78 is 0. The number of hydrogen-bond donors (Lipinski definition) is 9. The predicted octanol–water partition coefficient (Wildman–Crippen LogP) is -5.87. The number of carboxylic acid groups (broad SMARTS) is 1. The summed E-state index contributed by atoms with van der Waals surface area (Å²) in [4.78, 5) is 93.3. The molecular formula is C18H30N8O9. The Morgan fingerprint density at radius 3 is 1.40 bits per heavy atom. The van der Waals surface area contributed by atoms with Crippen LogP contribution in [0.3, 0.4) is 0 Å². The van der Waals surface area contributed by atoms with E-state index in [1.54, 1.807) is 0 Å². The standard InChI is InChI=1S/C18H30N8O9/c19-7(5-13(22)29)15(31)26-10(6-14(23)30)17(33)24-8(1-3-11(20)27)16(32)25-9(18(34)35)2-4-12(21)28/h7-10H,1-6,19H2,(H2,20,27)(H2,21,28)(H2,22,29)(H2,23,30)(H,24,33)(H,25,32)(H,26,31)(H,34,35). The van der Waals surface area contributed by atoms with Crippen molar-refractivity contribution in [1.29, 1.82) is 0 Å². The third kappa shape index (κ3) is 13.1. The zero-order valence-electron chi connectivity index (χ0n) is 18.7. The van der Waals surface area contributed by atoms with E-state index in [4.69, 9.17) is 28.7 Å². The maximum absolute atomic E-state index is 12.7. The molecule has 0 heterocycles. The molecule has 0 aliphatic heterocycles. The van der Waals surface area contributed by atoms with Crippen LogP contribution in [0.1, 0.15) is 38.5 Å². The lowest BCUT2D eigenvalue weighted by molar-refractivity contribution is -0.143. The average Bonchev–Trinajstić information content (AvgIpc) is 2.71. The molecule has 0 bridgehead atoms. The number of aliphatic carboxylic acids is 1. The van der Waals surface area contributed by atoms with E-state index >= 15 is 0 Å². The molecule has 0 saturated carbocycles. The lowest BCUT2D eigenvalue weighted by Crippen LogP contribution is -2.58. The minimum Gasteiger partial charge on any atom is -0.480 e. The van der Waals surface area contributed by atoms with Gasteiger partial charge in [-0.2, -0.15) is 0 Å². The second-order valence-corrected chi connectivity index (χ2v) is 7.48. The summed E-state index contributed by atoms with van der Waals surface area (Å²) in [6.45, 7) is 0. The molecule has 0 spiro atoms. The van der Waals surface area contributed by atoms with E-state index in [0.29, 0.717) is 0 Å². The molecule has 17 nitrogen and oxygen atoms in total. The van der Waals surface area contributed by atoms with Crippen molar-refractivity contribution in [3.05, 3.63) is 0 Å². The first-order valence-electron chi connectivity index (χ1n) is 10.2. The molecule has 0 aliphatic rings. The first kappa shape index (κ1) is 30.7. The van der Waals surface area contributed by atoms with Gasteiger partial charge in [0, 0.05) is 12.8 Å². The second kappa shape index (κ2) is 14.8. The van der Waals surface area contributed by atoms with Crippen LogP contribution in [0.4, 0.5) is 0 Å². The van der Waals surface area contributed by atoms with E-state index in [1.807, 2.05) is 0 Å². The Morgan fingerprint density at radius 1 is 0.571 bits per heavy atom. The summed E-state index contributed by atoms with van der Waals surface area (Å²) in [7, 11) is 0. The molecule has 196 valence electrons. The monoisotopic (exact) mass is 502 g/mol. The van der Waals surface area contributed by atoms with Crippen LogP contribution in [-0.2, 0) is 38.4 Å². The summed E-state index contributed by atoms with van der Waals surface area (Å²) in [5.74, 6) is -8.30. The van der Waals surface area contributed by atoms with Gasteiger partial charge in [-0.1, -0.05) is 0 Å². The zero-order valence-corrected chi connectivity index (χ0v) is 18.7. The number of rotatable bonds is 17. The van der Waals surface area contributed by atoms with Gasteiger partial charge in [0.2, 0.25) is 41.4 Å². The van der Waals surface area contributed by atoms with Crippen molar-refractivity contribution in [3.63, 3.8) is 0 Å². The largest absolute Gasteiger partial charge is 0.480 e. The maximum atomic E-state index is 12.7. The van der Waals surface area contributed by atoms with Crippen molar-refractivity contribution in [2.24, 2.45) is 28.7 Å². The summed E-state index contributed by atoms with van der Waals surface area (Å²) in [5.41, 5.74) is 25.6. The number of carbonyl (C=O) groups excluding carboxylic acids is 7. The van der Waals surface area contributed by atoms with Gasteiger partial charge in [0.25, 0.3) is 0 Å². The van der Waals surface area contributed by atoms with Gasteiger partial charge in [0.05, 0.1) is 18.9 Å². The van der Waals surface area contributed by atoms with Gasteiger partial charge in [-0.25, -0.2) is 4.79 Å². The van der Waals surface area contributed by atoms with Crippen LogP contribution in [0.2, 0.25) is 0 Å². The Labute approximate surface area is 198 Å². The number of hydrogen-bond acceptors (Lipinski definition) is 9. The SMILES string of the molecule is NC(=O)CCC(NC(=O)C(CCC(N)=O)NC(=O)C(CC(N)=O)NC(=O)C(N)CC(N)=O)C(=O)O. The van der Waals surface area contributed by atoms with Gasteiger partial charge >= 0.3 is 5.97 Å². The summed E-state index contributed by atoms with van der Waals surface area (Å²) in [6, 6.07) is -6.20. The smallest absolute Gasteiger partial charge is 0.326 e. The zero-order chi connectivity index (χ0) is 27.3. The van der Waals surface area contributed by atoms with E-state index in [1.165, 1.54) is 0 Å². The lowest BCUT2D eigenvalue weighted by atomic mass is 10.1. The van der Waals surface area contributed by atoms with Crippen LogP contribution < -0.4 is 44.6 Å². The quantitative estimate of drug-likeness (QED) is 0.0906. The molecule has 0 radical (unpaired) electrons. The third-order valence-corrected chi connectivity index (χ3v) is 4.40. The van der Waals surface area contributed by atoms with Crippen LogP contribution in [0.5, 0.6) is 0 Å². The van der Waals surface area contributed by atoms with Crippen LogP contribution in [0, 0.1) is 0 Å². The number of carboxylic acids is 1. The number of nitrogens with two attached hydrogens (primary N) is 5. The Bertz CT molecular complexity index is 863. The predicted molar refractivity (Wildman–Crippen MR) is 116 cm³/mol. The highest BCUT2D eigenvalue weighted by molar-refractivity contribution is 5.97. The van der Waals surface area contributed by atoms with Gasteiger partial charge in [-0.05, 0) is 12.8 Å². The van der Waals surface area contributed by atoms with Crippen molar-refractivity contribution in [1.82, 2.24) is 16.0 Å². The Morgan fingerprint density at radius 2 is 0.971 bits per heavy atom. The first-order chi connectivity index (χ1) is 16.1. The van der Waals surface area contributed by atoms with Crippen molar-refractivity contribution in [2.75, 3.05) is 0 Å². The van der Waals surface area contributed by atoms with Crippen molar-refractivity contribution in [2.45, 2.75) is 62.7 Å². The summed E-state index contributed by atoms with van der Waals surface area (Å²) in [6.07, 6.45) is -2.82. The van der Waals surface area contributed by atoms with Crippen LogP contribution in [0.15, 0.2) is 0 Å². The molecule has 7 amide bonds. The summed E-state index contributed by atoms with van der Waals surface area (Å²) >= 11 is 0. The molecule has 0 saturated heterocycles. The Balaban J connectivity index is 5.62. The first-order valence-corrected chi connectivity index (χ1v) is 10.2. The topological polar surface area (TPSA) is 323 Å². The molecule has 4 atom stereocenters. The Kier molecular flexibility index (Phi) is 13.0. The molecule has 35 heavy (non-hydrogen) atoms. The third-order valence-electron chi connectivity index (χ3n) is 4.40. The van der Waals surface area contributed by atoms with E-state index in [0.717, 1.165) is 0 Å². The van der Waals surface area contributed by atoms with Crippen LogP contribution in [-0.4, -0.2) is 76.6 Å². The fraction of sp³-hybridized carbons (Fsp3) is 0.556.